The van der Waals surface area contributed by atoms with E-state index in [0.717, 1.165) is 11.3 Å². The summed E-state index contributed by atoms with van der Waals surface area (Å²) >= 11 is 0. The van der Waals surface area contributed by atoms with Crippen LogP contribution in [0.15, 0.2) is 24.3 Å². The maximum absolute atomic E-state index is 13.7. The number of alkyl halides is 1. The summed E-state index contributed by atoms with van der Waals surface area (Å²) in [5.41, 5.74) is -0.787. The van der Waals surface area contributed by atoms with Gasteiger partial charge in [0.2, 0.25) is 0 Å². The number of hydrogen-bond acceptors (Lipinski definition) is 3. The number of ether oxygens (including phenoxy) is 2. The highest BCUT2D eigenvalue weighted by atomic mass is 19.1. The fraction of sp³-hybridized carbons (Fsp3) is 0.462. The Hall–Kier alpha value is -1.62. The van der Waals surface area contributed by atoms with Gasteiger partial charge < -0.3 is 14.6 Å². The Balaban J connectivity index is 1.77. The van der Waals surface area contributed by atoms with Gasteiger partial charge in [-0.25, -0.2) is 4.39 Å². The van der Waals surface area contributed by atoms with E-state index in [9.17, 15) is 9.18 Å². The summed E-state index contributed by atoms with van der Waals surface area (Å²) in [4.78, 5) is 10.6. The Bertz CT molecular complexity index is 431. The maximum atomic E-state index is 13.7. The van der Waals surface area contributed by atoms with Gasteiger partial charge in [-0.15, -0.1) is 0 Å². The molecule has 2 rings (SSSR count). The van der Waals surface area contributed by atoms with Crippen molar-refractivity contribution in [3.05, 3.63) is 29.8 Å². The van der Waals surface area contributed by atoms with Crippen molar-refractivity contribution in [3.8, 4) is 5.75 Å². The summed E-state index contributed by atoms with van der Waals surface area (Å²) in [5, 5.41) is 8.65. The molecule has 1 N–H and O–H groups in total. The van der Waals surface area contributed by atoms with Gasteiger partial charge >= 0.3 is 5.97 Å². The highest BCUT2D eigenvalue weighted by Gasteiger charge is 2.60. The molecule has 5 heteroatoms. The van der Waals surface area contributed by atoms with Gasteiger partial charge in [0.15, 0.2) is 0 Å². The van der Waals surface area contributed by atoms with Crippen LogP contribution in [0, 0.1) is 5.92 Å². The van der Waals surface area contributed by atoms with Gasteiger partial charge in [0.05, 0.1) is 26.2 Å². The van der Waals surface area contributed by atoms with Gasteiger partial charge in [-0.1, -0.05) is 12.1 Å². The normalized spacial score (nSPS) is 25.8. The predicted molar refractivity (Wildman–Crippen MR) is 62.2 cm³/mol. The van der Waals surface area contributed by atoms with Gasteiger partial charge in [-0.05, 0) is 17.7 Å². The molecule has 2 atom stereocenters. The average molecular weight is 254 g/mol. The summed E-state index contributed by atoms with van der Waals surface area (Å²) in [6.07, 6.45) is 0.0466. The zero-order valence-electron chi connectivity index (χ0n) is 10.1. The molecule has 1 fully saturated rings. The number of halogens is 1. The summed E-state index contributed by atoms with van der Waals surface area (Å²) in [7, 11) is 1.58. The van der Waals surface area contributed by atoms with Crippen molar-refractivity contribution in [3.63, 3.8) is 0 Å². The summed E-state index contributed by atoms with van der Waals surface area (Å²) in [6.45, 7) is 0.0952. The van der Waals surface area contributed by atoms with Crippen LogP contribution in [0.2, 0.25) is 0 Å². The SMILES string of the molecule is COc1ccc(COCC2(F)CC2C(=O)O)cc1. The number of hydrogen-bond donors (Lipinski definition) is 1. The number of carboxylic acids is 1. The van der Waals surface area contributed by atoms with Crippen molar-refractivity contribution in [2.75, 3.05) is 13.7 Å². The van der Waals surface area contributed by atoms with Crippen molar-refractivity contribution in [2.24, 2.45) is 5.92 Å². The van der Waals surface area contributed by atoms with Gasteiger partial charge in [0.25, 0.3) is 0 Å². The highest BCUT2D eigenvalue weighted by molar-refractivity contribution is 5.75. The lowest BCUT2D eigenvalue weighted by Crippen LogP contribution is -2.18. The zero-order valence-corrected chi connectivity index (χ0v) is 10.1. The van der Waals surface area contributed by atoms with Gasteiger partial charge in [-0.3, -0.25) is 4.79 Å². The molecule has 1 saturated carbocycles. The standard InChI is InChI=1S/C13H15FO4/c1-17-10-4-2-9(3-5-10)7-18-8-13(14)6-11(13)12(15)16/h2-5,11H,6-8H2,1H3,(H,15,16). The lowest BCUT2D eigenvalue weighted by Gasteiger charge is -2.08. The maximum Gasteiger partial charge on any atom is 0.309 e. The molecule has 4 nitrogen and oxygen atoms in total. The van der Waals surface area contributed by atoms with E-state index in [1.165, 1.54) is 0 Å². The van der Waals surface area contributed by atoms with Crippen LogP contribution in [-0.4, -0.2) is 30.5 Å². The molecule has 0 saturated heterocycles. The third-order valence-electron chi connectivity index (χ3n) is 3.08. The molecule has 0 aromatic heterocycles. The predicted octanol–water partition coefficient (Wildman–Crippen LogP) is 2.02. The van der Waals surface area contributed by atoms with Crippen LogP contribution in [0.3, 0.4) is 0 Å². The van der Waals surface area contributed by atoms with Gasteiger partial charge in [-0.2, -0.15) is 0 Å². The summed E-state index contributed by atoms with van der Waals surface area (Å²) in [6, 6.07) is 7.23. The molecule has 98 valence electrons. The molecular formula is C13H15FO4. The summed E-state index contributed by atoms with van der Waals surface area (Å²) in [5.74, 6) is -1.26. The van der Waals surface area contributed by atoms with E-state index in [1.807, 2.05) is 12.1 Å². The molecule has 0 amide bonds. The Kier molecular flexibility index (Phi) is 3.52. The van der Waals surface area contributed by atoms with Crippen LogP contribution < -0.4 is 4.74 Å². The average Bonchev–Trinajstić information content (AvgIpc) is 3.03. The first-order valence-electron chi connectivity index (χ1n) is 5.67. The molecular weight excluding hydrogens is 239 g/mol. The third-order valence-corrected chi connectivity index (χ3v) is 3.08. The lowest BCUT2D eigenvalue weighted by molar-refractivity contribution is -0.140. The second kappa shape index (κ2) is 4.94. The second-order valence-corrected chi connectivity index (χ2v) is 4.47. The van der Waals surface area contributed by atoms with E-state index < -0.39 is 17.6 Å². The molecule has 0 bridgehead atoms. The van der Waals surface area contributed by atoms with Crippen molar-refractivity contribution >= 4 is 5.97 Å². The molecule has 1 aliphatic carbocycles. The van der Waals surface area contributed by atoms with E-state index in [1.54, 1.807) is 19.2 Å². The number of carbonyl (C=O) groups is 1. The molecule has 2 unspecified atom stereocenters. The van der Waals surface area contributed by atoms with Gasteiger partial charge in [0, 0.05) is 6.42 Å². The topological polar surface area (TPSA) is 55.8 Å². The van der Waals surface area contributed by atoms with E-state index in [0.29, 0.717) is 0 Å². The minimum Gasteiger partial charge on any atom is -0.497 e. The first-order valence-corrected chi connectivity index (χ1v) is 5.67. The number of carboxylic acid groups (broad SMARTS) is 1. The van der Waals surface area contributed by atoms with Crippen LogP contribution in [0.4, 0.5) is 4.39 Å². The number of benzene rings is 1. The van der Waals surface area contributed by atoms with E-state index in [2.05, 4.69) is 0 Å². The third kappa shape index (κ3) is 2.79. The Morgan fingerprint density at radius 3 is 2.67 bits per heavy atom. The van der Waals surface area contributed by atoms with Crippen molar-refractivity contribution in [1.29, 1.82) is 0 Å². The van der Waals surface area contributed by atoms with Crippen LogP contribution in [0.5, 0.6) is 5.75 Å². The van der Waals surface area contributed by atoms with E-state index >= 15 is 0 Å². The minimum absolute atomic E-state index is 0.0466. The quantitative estimate of drug-likeness (QED) is 0.843. The number of rotatable bonds is 6. The van der Waals surface area contributed by atoms with Crippen molar-refractivity contribution in [1.82, 2.24) is 0 Å². The van der Waals surface area contributed by atoms with Crippen molar-refractivity contribution in [2.45, 2.75) is 18.7 Å². The smallest absolute Gasteiger partial charge is 0.309 e. The molecule has 1 aliphatic rings. The highest BCUT2D eigenvalue weighted by Crippen LogP contribution is 2.47. The number of methoxy groups -OCH3 is 1. The largest absolute Gasteiger partial charge is 0.497 e. The van der Waals surface area contributed by atoms with Crippen LogP contribution in [0.25, 0.3) is 0 Å². The lowest BCUT2D eigenvalue weighted by atomic mass is 10.2. The minimum atomic E-state index is -1.68. The molecule has 0 aliphatic heterocycles. The zero-order chi connectivity index (χ0) is 13.2. The van der Waals surface area contributed by atoms with E-state index in [-0.39, 0.29) is 19.6 Å². The fourth-order valence-corrected chi connectivity index (χ4v) is 1.81. The first kappa shape index (κ1) is 12.8. The Morgan fingerprint density at radius 2 is 2.17 bits per heavy atom. The van der Waals surface area contributed by atoms with Crippen LogP contribution >= 0.6 is 0 Å². The Labute approximate surface area is 104 Å². The first-order chi connectivity index (χ1) is 8.55. The van der Waals surface area contributed by atoms with Gasteiger partial charge in [0.1, 0.15) is 11.4 Å². The molecule has 0 spiro atoms. The van der Waals surface area contributed by atoms with Crippen LogP contribution in [0.1, 0.15) is 12.0 Å². The second-order valence-electron chi connectivity index (χ2n) is 4.47. The van der Waals surface area contributed by atoms with Crippen molar-refractivity contribution < 1.29 is 23.8 Å². The van der Waals surface area contributed by atoms with Crippen LogP contribution in [-0.2, 0) is 16.1 Å². The molecule has 0 heterocycles. The molecule has 18 heavy (non-hydrogen) atoms. The fourth-order valence-electron chi connectivity index (χ4n) is 1.81. The summed E-state index contributed by atoms with van der Waals surface area (Å²) < 4.78 is 23.9. The molecule has 1 aromatic carbocycles. The van der Waals surface area contributed by atoms with E-state index in [4.69, 9.17) is 14.6 Å². The Morgan fingerprint density at radius 1 is 1.50 bits per heavy atom. The molecule has 0 radical (unpaired) electrons. The monoisotopic (exact) mass is 254 g/mol. The molecule has 1 aromatic rings. The number of aliphatic carboxylic acids is 1.